The van der Waals surface area contributed by atoms with E-state index in [1.807, 2.05) is 48.5 Å². The Kier molecular flexibility index (Phi) is 6.30. The molecule has 4 aromatic carbocycles. The van der Waals surface area contributed by atoms with Gasteiger partial charge < -0.3 is 4.74 Å². The van der Waals surface area contributed by atoms with Gasteiger partial charge in [0.05, 0.1) is 17.1 Å². The zero-order valence-corrected chi connectivity index (χ0v) is 21.4. The molecule has 168 valence electrons. The number of hydrogen-bond acceptors (Lipinski definition) is 4. The smallest absolute Gasteiger partial charge is 0.282 e. The fourth-order valence-corrected chi connectivity index (χ4v) is 4.58. The molecule has 0 aliphatic heterocycles. The van der Waals surface area contributed by atoms with Crippen LogP contribution in [0.2, 0.25) is 0 Å². The third kappa shape index (κ3) is 4.54. The first kappa shape index (κ1) is 22.5. The standard InChI is InChI=1S/C27H19Br2N3O2/c1-17-31-25-11-9-22(29)14-24(25)27(33)32(17)30-15-20-13-21(28)10-12-26(20)34-16-19-7-4-6-18-5-2-3-8-23(18)19/h2-15H,16H2,1H3. The lowest BCUT2D eigenvalue weighted by Gasteiger charge is -2.12. The van der Waals surface area contributed by atoms with Crippen molar-refractivity contribution in [1.29, 1.82) is 0 Å². The molecule has 5 rings (SSSR count). The minimum Gasteiger partial charge on any atom is -0.488 e. The van der Waals surface area contributed by atoms with Crippen LogP contribution in [-0.4, -0.2) is 15.9 Å². The Morgan fingerprint density at radius 3 is 2.59 bits per heavy atom. The third-order valence-electron chi connectivity index (χ3n) is 5.52. The predicted octanol–water partition coefficient (Wildman–Crippen LogP) is 6.84. The lowest BCUT2D eigenvalue weighted by molar-refractivity contribution is 0.307. The van der Waals surface area contributed by atoms with E-state index in [2.05, 4.69) is 66.2 Å². The van der Waals surface area contributed by atoms with E-state index < -0.39 is 0 Å². The molecule has 7 heteroatoms. The van der Waals surface area contributed by atoms with Crippen molar-refractivity contribution in [2.45, 2.75) is 13.5 Å². The zero-order chi connectivity index (χ0) is 23.7. The summed E-state index contributed by atoms with van der Waals surface area (Å²) in [5.41, 5.74) is 2.25. The molecule has 0 amide bonds. The van der Waals surface area contributed by atoms with Gasteiger partial charge in [0, 0.05) is 14.5 Å². The summed E-state index contributed by atoms with van der Waals surface area (Å²) in [7, 11) is 0. The summed E-state index contributed by atoms with van der Waals surface area (Å²) < 4.78 is 9.21. The third-order valence-corrected chi connectivity index (χ3v) is 6.50. The maximum absolute atomic E-state index is 13.1. The summed E-state index contributed by atoms with van der Waals surface area (Å²) in [5, 5.41) is 7.29. The van der Waals surface area contributed by atoms with Gasteiger partial charge in [-0.1, -0.05) is 74.3 Å². The van der Waals surface area contributed by atoms with Gasteiger partial charge in [0.1, 0.15) is 18.2 Å². The Balaban J connectivity index is 1.48. The minimum absolute atomic E-state index is 0.228. The molecule has 1 heterocycles. The van der Waals surface area contributed by atoms with Gasteiger partial charge in [-0.15, -0.1) is 0 Å². The van der Waals surface area contributed by atoms with Crippen LogP contribution in [0.5, 0.6) is 5.75 Å². The number of rotatable bonds is 5. The summed E-state index contributed by atoms with van der Waals surface area (Å²) in [6.07, 6.45) is 1.63. The highest BCUT2D eigenvalue weighted by Gasteiger charge is 2.09. The van der Waals surface area contributed by atoms with Gasteiger partial charge in [-0.25, -0.2) is 4.98 Å². The average molecular weight is 577 g/mol. The van der Waals surface area contributed by atoms with Crippen LogP contribution in [0, 0.1) is 6.92 Å². The van der Waals surface area contributed by atoms with Gasteiger partial charge in [-0.2, -0.15) is 9.78 Å². The van der Waals surface area contributed by atoms with E-state index in [-0.39, 0.29) is 5.56 Å². The summed E-state index contributed by atoms with van der Waals surface area (Å²) in [5.74, 6) is 1.17. The van der Waals surface area contributed by atoms with Crippen LogP contribution in [0.15, 0.2) is 97.7 Å². The van der Waals surface area contributed by atoms with E-state index in [9.17, 15) is 4.79 Å². The number of ether oxygens (including phenoxy) is 1. The number of nitrogens with zero attached hydrogens (tertiary/aromatic N) is 3. The molecular formula is C27H19Br2N3O2. The molecule has 0 aliphatic rings. The molecule has 0 saturated heterocycles. The Morgan fingerprint density at radius 2 is 1.71 bits per heavy atom. The van der Waals surface area contributed by atoms with Gasteiger partial charge in [0.15, 0.2) is 0 Å². The molecule has 0 unspecified atom stereocenters. The first-order valence-corrected chi connectivity index (χ1v) is 12.2. The Labute approximate surface area is 213 Å². The highest BCUT2D eigenvalue weighted by molar-refractivity contribution is 9.10. The van der Waals surface area contributed by atoms with Crippen LogP contribution in [0.1, 0.15) is 17.0 Å². The molecule has 34 heavy (non-hydrogen) atoms. The summed E-state index contributed by atoms with van der Waals surface area (Å²) in [6, 6.07) is 25.6. The zero-order valence-electron chi connectivity index (χ0n) is 18.2. The lowest BCUT2D eigenvalue weighted by atomic mass is 10.1. The van der Waals surface area contributed by atoms with Crippen molar-refractivity contribution < 1.29 is 4.74 Å². The molecule has 0 saturated carbocycles. The van der Waals surface area contributed by atoms with E-state index in [1.54, 1.807) is 19.2 Å². The van der Waals surface area contributed by atoms with Crippen molar-refractivity contribution >= 4 is 59.7 Å². The van der Waals surface area contributed by atoms with Crippen LogP contribution in [0.25, 0.3) is 21.7 Å². The second-order valence-corrected chi connectivity index (χ2v) is 9.62. The largest absolute Gasteiger partial charge is 0.488 e. The number of benzene rings is 4. The molecular weight excluding hydrogens is 558 g/mol. The average Bonchev–Trinajstić information content (AvgIpc) is 2.84. The second kappa shape index (κ2) is 9.52. The van der Waals surface area contributed by atoms with Crippen LogP contribution in [0.3, 0.4) is 0 Å². The maximum atomic E-state index is 13.1. The summed E-state index contributed by atoms with van der Waals surface area (Å²) in [6.45, 7) is 2.17. The second-order valence-electron chi connectivity index (χ2n) is 7.79. The summed E-state index contributed by atoms with van der Waals surface area (Å²) in [4.78, 5) is 17.6. The normalized spacial score (nSPS) is 11.5. The Hall–Kier alpha value is -3.29. The van der Waals surface area contributed by atoms with E-state index in [0.29, 0.717) is 29.1 Å². The molecule has 0 aliphatic carbocycles. The number of fused-ring (bicyclic) bond motifs is 2. The fraction of sp³-hybridized carbons (Fsp3) is 0.0741. The van der Waals surface area contributed by atoms with Crippen LogP contribution in [-0.2, 0) is 6.61 Å². The van der Waals surface area contributed by atoms with Crippen molar-refractivity contribution in [2.75, 3.05) is 0 Å². The fourth-order valence-electron chi connectivity index (χ4n) is 3.84. The summed E-state index contributed by atoms with van der Waals surface area (Å²) >= 11 is 6.94. The molecule has 1 aromatic heterocycles. The topological polar surface area (TPSA) is 56.5 Å². The van der Waals surface area contributed by atoms with Gasteiger partial charge in [-0.3, -0.25) is 4.79 Å². The first-order chi connectivity index (χ1) is 16.5. The van der Waals surface area contributed by atoms with E-state index in [4.69, 9.17) is 4.74 Å². The van der Waals surface area contributed by atoms with Crippen LogP contribution >= 0.6 is 31.9 Å². The lowest BCUT2D eigenvalue weighted by Crippen LogP contribution is -2.20. The van der Waals surface area contributed by atoms with Gasteiger partial charge in [-0.05, 0) is 59.7 Å². The van der Waals surface area contributed by atoms with E-state index in [0.717, 1.165) is 25.5 Å². The van der Waals surface area contributed by atoms with Crippen molar-refractivity contribution in [3.05, 3.63) is 115 Å². The molecule has 0 N–H and O–H groups in total. The maximum Gasteiger partial charge on any atom is 0.282 e. The van der Waals surface area contributed by atoms with E-state index >= 15 is 0 Å². The van der Waals surface area contributed by atoms with Crippen molar-refractivity contribution in [2.24, 2.45) is 5.10 Å². The molecule has 5 nitrogen and oxygen atoms in total. The highest BCUT2D eigenvalue weighted by Crippen LogP contribution is 2.25. The van der Waals surface area contributed by atoms with Crippen LogP contribution < -0.4 is 10.3 Å². The first-order valence-electron chi connectivity index (χ1n) is 10.6. The molecule has 0 atom stereocenters. The molecule has 0 radical (unpaired) electrons. The Morgan fingerprint density at radius 1 is 0.941 bits per heavy atom. The monoisotopic (exact) mass is 575 g/mol. The van der Waals surface area contributed by atoms with Crippen molar-refractivity contribution in [3.63, 3.8) is 0 Å². The number of hydrogen-bond donors (Lipinski definition) is 0. The van der Waals surface area contributed by atoms with Gasteiger partial charge in [0.2, 0.25) is 0 Å². The van der Waals surface area contributed by atoms with Crippen molar-refractivity contribution in [3.8, 4) is 5.75 Å². The minimum atomic E-state index is -0.228. The number of halogens is 2. The highest BCUT2D eigenvalue weighted by atomic mass is 79.9. The predicted molar refractivity (Wildman–Crippen MR) is 144 cm³/mol. The number of aromatic nitrogens is 2. The Bertz CT molecular complexity index is 1620. The quantitative estimate of drug-likeness (QED) is 0.215. The molecule has 0 bridgehead atoms. The number of aryl methyl sites for hydroxylation is 1. The van der Waals surface area contributed by atoms with Crippen molar-refractivity contribution in [1.82, 2.24) is 9.66 Å². The van der Waals surface area contributed by atoms with Crippen LogP contribution in [0.4, 0.5) is 0 Å². The SMILES string of the molecule is Cc1nc2ccc(Br)cc2c(=O)n1N=Cc1cc(Br)ccc1OCc1cccc2ccccc12. The molecule has 5 aromatic rings. The van der Waals surface area contributed by atoms with Gasteiger partial charge in [0.25, 0.3) is 5.56 Å². The molecule has 0 spiro atoms. The van der Waals surface area contributed by atoms with Gasteiger partial charge >= 0.3 is 0 Å². The van der Waals surface area contributed by atoms with E-state index in [1.165, 1.54) is 10.1 Å². The molecule has 0 fully saturated rings.